The van der Waals surface area contributed by atoms with Crippen molar-refractivity contribution >= 4 is 54.0 Å². The number of carbonyl (C=O) groups is 6. The third kappa shape index (κ3) is 8.20. The van der Waals surface area contributed by atoms with Gasteiger partial charge >= 0.3 is 39.5 Å². The zero-order valence-electron chi connectivity index (χ0n) is 34.4. The largest absolute Gasteiger partial charge is 0.523 e. The number of alkyl halides is 3. The van der Waals surface area contributed by atoms with E-state index in [1.807, 2.05) is 0 Å². The maximum Gasteiger partial charge on any atom is 0.523 e. The van der Waals surface area contributed by atoms with Crippen molar-refractivity contribution < 1.29 is 87.8 Å². The Balaban J connectivity index is 2.11. The van der Waals surface area contributed by atoms with E-state index in [2.05, 4.69) is 5.32 Å². The lowest BCUT2D eigenvalue weighted by Crippen LogP contribution is -2.82. The molecule has 0 aromatic heterocycles. The molecule has 4 aliphatic rings. The lowest BCUT2D eigenvalue weighted by molar-refractivity contribution is -0.345. The number of nitrogens with one attached hydrogen (secondary N) is 1. The molecule has 328 valence electrons. The Morgan fingerprint density at radius 2 is 1.53 bits per heavy atom. The normalized spacial score (nSPS) is 34.4. The zero-order chi connectivity index (χ0) is 44.5. The summed E-state index contributed by atoms with van der Waals surface area (Å²) in [6, 6.07) is -0.950. The summed E-state index contributed by atoms with van der Waals surface area (Å²) in [5.74, 6) is -7.98. The highest BCUT2D eigenvalue weighted by Gasteiger charge is 2.79. The second-order valence-electron chi connectivity index (χ2n) is 17.1. The van der Waals surface area contributed by atoms with Crippen LogP contribution in [0.2, 0.25) is 19.6 Å². The predicted molar refractivity (Wildman–Crippen MR) is 194 cm³/mol. The van der Waals surface area contributed by atoms with Crippen molar-refractivity contribution in [3.8, 4) is 0 Å². The molecule has 2 bridgehead atoms. The van der Waals surface area contributed by atoms with E-state index in [1.165, 1.54) is 34.6 Å². The highest BCUT2D eigenvalue weighted by atomic mass is 32.2. The SMILES string of the molecule is CC(=O)NC(C)C(O[Si](C)(C)C)C(=O)OC1C[C@@]2(O)C(OC(C)=O)C3[C@]4(OC(C)=O)COC4CC(OS(=O)(=O)C(F)(F)F)[C@@]3(C)C(=O)C(OC(C)=O)C(=C1C)C2(C)C. The molecule has 3 aliphatic carbocycles. The quantitative estimate of drug-likeness (QED) is 0.0758. The van der Waals surface area contributed by atoms with E-state index in [9.17, 15) is 50.7 Å². The Morgan fingerprint density at radius 3 is 1.98 bits per heavy atom. The first kappa shape index (κ1) is 47.2. The summed E-state index contributed by atoms with van der Waals surface area (Å²) in [6.45, 7) is 15.5. The van der Waals surface area contributed by atoms with E-state index < -0.39 is 150 Å². The molecule has 1 saturated heterocycles. The van der Waals surface area contributed by atoms with Crippen molar-refractivity contribution in [3.05, 3.63) is 11.1 Å². The molecule has 0 radical (unpaired) electrons. The Bertz CT molecular complexity index is 1880. The van der Waals surface area contributed by atoms with Gasteiger partial charge in [-0.1, -0.05) is 13.8 Å². The van der Waals surface area contributed by atoms with Crippen molar-refractivity contribution in [2.75, 3.05) is 6.61 Å². The molecular formula is C36H52F3NO16SSi. The summed E-state index contributed by atoms with van der Waals surface area (Å²) in [7, 11) is -9.06. The van der Waals surface area contributed by atoms with Gasteiger partial charge in [0.1, 0.15) is 23.9 Å². The van der Waals surface area contributed by atoms with Crippen LogP contribution < -0.4 is 5.32 Å². The molecule has 58 heavy (non-hydrogen) atoms. The van der Waals surface area contributed by atoms with Gasteiger partial charge in [-0.2, -0.15) is 21.6 Å². The minimum absolute atomic E-state index is 0.0286. The number of rotatable bonds is 11. The van der Waals surface area contributed by atoms with E-state index in [-0.39, 0.29) is 11.1 Å². The van der Waals surface area contributed by atoms with E-state index in [0.29, 0.717) is 0 Å². The van der Waals surface area contributed by atoms with Crippen LogP contribution >= 0.6 is 0 Å². The summed E-state index contributed by atoms with van der Waals surface area (Å²) < 4.78 is 107. The molecule has 11 atom stereocenters. The first-order chi connectivity index (χ1) is 26.2. The first-order valence-corrected chi connectivity index (χ1v) is 23.3. The van der Waals surface area contributed by atoms with Gasteiger partial charge in [-0.3, -0.25) is 28.2 Å². The fraction of sp³-hybridized carbons (Fsp3) is 0.778. The number of halogens is 3. The van der Waals surface area contributed by atoms with Gasteiger partial charge < -0.3 is 38.5 Å². The molecule has 1 heterocycles. The summed E-state index contributed by atoms with van der Waals surface area (Å²) in [4.78, 5) is 80.5. The van der Waals surface area contributed by atoms with Gasteiger partial charge in [0.15, 0.2) is 31.9 Å². The Morgan fingerprint density at radius 1 is 0.966 bits per heavy atom. The molecule has 1 aliphatic heterocycles. The second kappa shape index (κ2) is 15.5. The van der Waals surface area contributed by atoms with Gasteiger partial charge in [0.25, 0.3) is 0 Å². The van der Waals surface area contributed by atoms with Crippen molar-refractivity contribution in [3.63, 3.8) is 0 Å². The van der Waals surface area contributed by atoms with Gasteiger partial charge in [-0.25, -0.2) is 4.79 Å². The van der Waals surface area contributed by atoms with Crippen LogP contribution in [0.3, 0.4) is 0 Å². The molecule has 4 rings (SSSR count). The van der Waals surface area contributed by atoms with Crippen LogP contribution in [0.5, 0.6) is 0 Å². The number of fused-ring (bicyclic) bond motifs is 5. The van der Waals surface area contributed by atoms with Gasteiger partial charge in [0.05, 0.1) is 30.1 Å². The standard InChI is InChI=1S/C36H52F3NO16SSi/c1-16-22(53-31(46)26(56-58(10,11)12)17(2)40-18(3)41)14-35(47)30(52-20(5)43)28-33(9,29(45)27(51-19(4)42)25(16)32(35,7)8)23(55-57(48,49)36(37,38)39)13-24-34(28,15-50-24)54-21(6)44/h17,22-24,26-28,30,47H,13-15H2,1-12H3,(H,40,41)/t17?,22?,23?,24?,26?,27?,28?,30?,33-,34+,35-/m1/s1. The molecule has 0 aromatic carbocycles. The van der Waals surface area contributed by atoms with Crippen molar-refractivity contribution in [1.82, 2.24) is 5.32 Å². The van der Waals surface area contributed by atoms with Crippen LogP contribution in [0.25, 0.3) is 0 Å². The van der Waals surface area contributed by atoms with Crippen molar-refractivity contribution in [1.29, 1.82) is 0 Å². The molecule has 0 aromatic rings. The smallest absolute Gasteiger partial charge is 0.459 e. The van der Waals surface area contributed by atoms with E-state index in [0.717, 1.165) is 27.7 Å². The zero-order valence-corrected chi connectivity index (χ0v) is 36.2. The van der Waals surface area contributed by atoms with Crippen LogP contribution in [-0.2, 0) is 71.2 Å². The third-order valence-corrected chi connectivity index (χ3v) is 13.6. The number of hydrogen-bond donors (Lipinski definition) is 2. The Hall–Kier alpha value is -3.44. The molecule has 2 saturated carbocycles. The summed E-state index contributed by atoms with van der Waals surface area (Å²) in [5, 5.41) is 16.0. The summed E-state index contributed by atoms with van der Waals surface area (Å²) >= 11 is 0. The Labute approximate surface area is 335 Å². The number of ether oxygens (including phenoxy) is 5. The maximum absolute atomic E-state index is 15.5. The number of ketones is 1. The van der Waals surface area contributed by atoms with E-state index in [4.69, 9.17) is 32.3 Å². The third-order valence-electron chi connectivity index (χ3n) is 11.6. The topological polar surface area (TPSA) is 233 Å². The van der Waals surface area contributed by atoms with Crippen LogP contribution in [0, 0.1) is 16.7 Å². The summed E-state index contributed by atoms with van der Waals surface area (Å²) in [5.41, 5.74) is -15.4. The lowest BCUT2D eigenvalue weighted by atomic mass is 9.44. The molecule has 3 fully saturated rings. The second-order valence-corrected chi connectivity index (χ2v) is 23.2. The molecule has 8 unspecified atom stereocenters. The molecule has 17 nitrogen and oxygen atoms in total. The van der Waals surface area contributed by atoms with Crippen molar-refractivity contribution in [2.45, 2.75) is 154 Å². The van der Waals surface area contributed by atoms with E-state index in [1.54, 1.807) is 19.6 Å². The number of esters is 4. The number of aliphatic hydroxyl groups is 1. The molecule has 0 spiro atoms. The molecule has 2 N–H and O–H groups in total. The minimum atomic E-state index is -6.50. The molecule has 22 heteroatoms. The maximum atomic E-state index is 15.5. The number of hydrogen-bond acceptors (Lipinski definition) is 16. The van der Waals surface area contributed by atoms with Crippen LogP contribution in [0.15, 0.2) is 11.1 Å². The Kier molecular flexibility index (Phi) is 12.7. The predicted octanol–water partition coefficient (Wildman–Crippen LogP) is 2.53. The number of amides is 1. The highest BCUT2D eigenvalue weighted by molar-refractivity contribution is 7.87. The van der Waals surface area contributed by atoms with E-state index >= 15 is 4.79 Å². The number of Topliss-reactive ketones (excluding diaryl/α,β-unsaturated/α-hetero) is 1. The highest BCUT2D eigenvalue weighted by Crippen LogP contribution is 2.65. The van der Waals surface area contributed by atoms with Crippen LogP contribution in [0.1, 0.15) is 75.2 Å². The lowest BCUT2D eigenvalue weighted by Gasteiger charge is -2.67. The van der Waals surface area contributed by atoms with Gasteiger partial charge in [-0.15, -0.1) is 0 Å². The number of carbonyl (C=O) groups excluding carboxylic acids is 6. The van der Waals surface area contributed by atoms with Gasteiger partial charge in [0.2, 0.25) is 5.91 Å². The molecule has 1 amide bonds. The van der Waals surface area contributed by atoms with Gasteiger partial charge in [0, 0.05) is 46.0 Å². The fourth-order valence-electron chi connectivity index (χ4n) is 9.10. The average Bonchev–Trinajstić information content (AvgIpc) is 3.02. The van der Waals surface area contributed by atoms with Gasteiger partial charge in [-0.05, 0) is 51.6 Å². The summed E-state index contributed by atoms with van der Waals surface area (Å²) in [6.07, 6.45) is -12.5. The van der Waals surface area contributed by atoms with Crippen LogP contribution in [0.4, 0.5) is 13.2 Å². The van der Waals surface area contributed by atoms with Crippen molar-refractivity contribution in [2.24, 2.45) is 16.7 Å². The first-order valence-electron chi connectivity index (χ1n) is 18.5. The monoisotopic (exact) mass is 871 g/mol. The van der Waals surface area contributed by atoms with Crippen LogP contribution in [-0.4, -0.2) is 123 Å². The molecular weight excluding hydrogens is 820 g/mol. The average molecular weight is 872 g/mol. The minimum Gasteiger partial charge on any atom is -0.459 e. The fourth-order valence-corrected chi connectivity index (χ4v) is 10.9.